The third-order valence-corrected chi connectivity index (χ3v) is 3.80. The van der Waals surface area contributed by atoms with E-state index in [2.05, 4.69) is 0 Å². The van der Waals surface area contributed by atoms with Gasteiger partial charge in [0.15, 0.2) is 5.76 Å². The maximum absolute atomic E-state index is 11.7. The third kappa shape index (κ3) is 2.25. The molecule has 6 N–H and O–H groups in total. The average molecular weight is 305 g/mol. The molecular formula is C15H15NO6. The lowest BCUT2D eigenvalue weighted by molar-refractivity contribution is -0.117. The lowest BCUT2D eigenvalue weighted by Gasteiger charge is -2.33. The van der Waals surface area contributed by atoms with Crippen LogP contribution in [-0.2, 0) is 11.2 Å². The van der Waals surface area contributed by atoms with Crippen LogP contribution in [0.3, 0.4) is 0 Å². The van der Waals surface area contributed by atoms with Gasteiger partial charge in [0.2, 0.25) is 5.78 Å². The number of Topliss-reactive ketones (excluding diaryl/α,β-unsaturated/α-hetero) is 1. The monoisotopic (exact) mass is 305 g/mol. The summed E-state index contributed by atoms with van der Waals surface area (Å²) in [5, 5.41) is 39.0. The second kappa shape index (κ2) is 4.96. The van der Waals surface area contributed by atoms with Crippen LogP contribution in [0, 0.1) is 0 Å². The van der Waals surface area contributed by atoms with Gasteiger partial charge in [-0.05, 0) is 11.6 Å². The van der Waals surface area contributed by atoms with Crippen LogP contribution >= 0.6 is 0 Å². The normalized spacial score (nSPS) is 24.6. The first-order valence-electron chi connectivity index (χ1n) is 6.68. The first-order chi connectivity index (χ1) is 10.4. The summed E-state index contributed by atoms with van der Waals surface area (Å²) < 4.78 is 5.63. The second-order valence-electron chi connectivity index (χ2n) is 5.37. The molecule has 1 aliphatic heterocycles. The summed E-state index contributed by atoms with van der Waals surface area (Å²) in [5.41, 5.74) is 6.31. The number of hydrogen-bond acceptors (Lipinski definition) is 7. The minimum Gasteiger partial charge on any atom is -0.508 e. The summed E-state index contributed by atoms with van der Waals surface area (Å²) in [6.07, 6.45) is -0.445. The molecule has 22 heavy (non-hydrogen) atoms. The number of carbonyl (C=O) groups excluding carboxylic acids is 1. The highest BCUT2D eigenvalue weighted by Crippen LogP contribution is 2.40. The number of allylic oxidation sites excluding steroid dienone is 2. The predicted molar refractivity (Wildman–Crippen MR) is 75.4 cm³/mol. The Labute approximate surface area is 125 Å². The molecule has 2 unspecified atom stereocenters. The van der Waals surface area contributed by atoms with Gasteiger partial charge in [-0.25, -0.2) is 0 Å². The van der Waals surface area contributed by atoms with Crippen molar-refractivity contribution in [3.05, 3.63) is 40.8 Å². The van der Waals surface area contributed by atoms with Gasteiger partial charge in [-0.3, -0.25) is 4.79 Å². The van der Waals surface area contributed by atoms with Crippen molar-refractivity contribution in [1.29, 1.82) is 0 Å². The van der Waals surface area contributed by atoms with Crippen molar-refractivity contribution in [2.75, 3.05) is 0 Å². The van der Waals surface area contributed by atoms with E-state index in [1.165, 1.54) is 12.1 Å². The Morgan fingerprint density at radius 3 is 2.64 bits per heavy atom. The molecule has 0 radical (unpaired) electrons. The molecule has 0 bridgehead atoms. The molecule has 2 aliphatic rings. The number of aromatic hydroxyl groups is 2. The third-order valence-electron chi connectivity index (χ3n) is 3.80. The van der Waals surface area contributed by atoms with Crippen LogP contribution in [0.4, 0.5) is 0 Å². The maximum Gasteiger partial charge on any atom is 0.203 e. The summed E-state index contributed by atoms with van der Waals surface area (Å²) in [6, 6.07) is 2.49. The summed E-state index contributed by atoms with van der Waals surface area (Å²) in [4.78, 5) is 11.7. The van der Waals surface area contributed by atoms with Crippen molar-refractivity contribution in [2.45, 2.75) is 25.0 Å². The van der Waals surface area contributed by atoms with E-state index in [-0.39, 0.29) is 35.8 Å². The predicted octanol–water partition coefficient (Wildman–Crippen LogP) is 0.390. The van der Waals surface area contributed by atoms with Gasteiger partial charge >= 0.3 is 0 Å². The van der Waals surface area contributed by atoms with Gasteiger partial charge in [0, 0.05) is 30.5 Å². The van der Waals surface area contributed by atoms with Crippen molar-refractivity contribution in [3.63, 3.8) is 0 Å². The first kappa shape index (κ1) is 14.3. The molecule has 1 aromatic rings. The lowest BCUT2D eigenvalue weighted by atomic mass is 9.88. The quantitative estimate of drug-likeness (QED) is 0.507. The Morgan fingerprint density at radius 1 is 1.23 bits per heavy atom. The molecular weight excluding hydrogens is 290 g/mol. The molecule has 1 aromatic carbocycles. The molecule has 7 heteroatoms. The van der Waals surface area contributed by atoms with E-state index in [9.17, 15) is 25.2 Å². The van der Waals surface area contributed by atoms with E-state index >= 15 is 0 Å². The Morgan fingerprint density at radius 2 is 1.95 bits per heavy atom. The topological polar surface area (TPSA) is 133 Å². The fourth-order valence-corrected chi connectivity index (χ4v) is 2.71. The number of benzene rings is 1. The molecule has 1 heterocycles. The van der Waals surface area contributed by atoms with Gasteiger partial charge in [0.25, 0.3) is 0 Å². The largest absolute Gasteiger partial charge is 0.508 e. The summed E-state index contributed by atoms with van der Waals surface area (Å²) in [5.74, 6) is -1.14. The standard InChI is InChI=1S/C15H15NO6/c16-9-1-6(2-11(19)14(9)21)15-12(20)5-8-10(18)3-7(17)4-13(8)22-15/h1,3-4,12,15,17-18,20-21H,2,5,16H2. The fourth-order valence-electron chi connectivity index (χ4n) is 2.71. The van der Waals surface area contributed by atoms with Gasteiger partial charge in [0.1, 0.15) is 23.4 Å². The number of phenolic OH excluding ortho intramolecular Hbond substituents is 2. The number of nitrogens with two attached hydrogens (primary N) is 1. The van der Waals surface area contributed by atoms with Crippen LogP contribution in [0.2, 0.25) is 0 Å². The second-order valence-corrected chi connectivity index (χ2v) is 5.37. The minimum atomic E-state index is -0.991. The zero-order chi connectivity index (χ0) is 16.0. The fraction of sp³-hybridized carbons (Fsp3) is 0.267. The molecule has 116 valence electrons. The van der Waals surface area contributed by atoms with E-state index in [4.69, 9.17) is 10.5 Å². The number of phenols is 2. The molecule has 1 aliphatic carbocycles. The van der Waals surface area contributed by atoms with Crippen molar-refractivity contribution < 1.29 is 30.0 Å². The van der Waals surface area contributed by atoms with Gasteiger partial charge in [0.05, 0.1) is 11.8 Å². The molecule has 0 fully saturated rings. The number of carbonyl (C=O) groups is 1. The van der Waals surface area contributed by atoms with Gasteiger partial charge in [-0.2, -0.15) is 0 Å². The van der Waals surface area contributed by atoms with Crippen molar-refractivity contribution >= 4 is 5.78 Å². The Bertz CT molecular complexity index is 721. The molecule has 2 atom stereocenters. The first-order valence-corrected chi connectivity index (χ1v) is 6.68. The van der Waals surface area contributed by atoms with E-state index in [0.29, 0.717) is 11.1 Å². The number of hydrogen-bond donors (Lipinski definition) is 5. The van der Waals surface area contributed by atoms with Crippen molar-refractivity contribution in [1.82, 2.24) is 0 Å². The number of aliphatic hydroxyl groups excluding tert-OH is 2. The van der Waals surface area contributed by atoms with Crippen LogP contribution in [0.15, 0.2) is 35.2 Å². The maximum atomic E-state index is 11.7. The zero-order valence-corrected chi connectivity index (χ0v) is 11.5. The molecule has 0 aromatic heterocycles. The molecule has 0 saturated carbocycles. The number of fused-ring (bicyclic) bond motifs is 1. The van der Waals surface area contributed by atoms with E-state index in [0.717, 1.165) is 6.07 Å². The SMILES string of the molecule is NC1=C(O)C(=O)CC(C2Oc3cc(O)cc(O)c3CC2O)=C1. The summed E-state index contributed by atoms with van der Waals surface area (Å²) >= 11 is 0. The molecule has 0 spiro atoms. The number of ketones is 1. The highest BCUT2D eigenvalue weighted by molar-refractivity contribution is 5.97. The van der Waals surface area contributed by atoms with Gasteiger partial charge in [-0.1, -0.05) is 0 Å². The minimum absolute atomic E-state index is 0.0772. The van der Waals surface area contributed by atoms with Crippen LogP contribution in [-0.4, -0.2) is 38.4 Å². The van der Waals surface area contributed by atoms with E-state index in [1.54, 1.807) is 0 Å². The summed E-state index contributed by atoms with van der Waals surface area (Å²) in [6.45, 7) is 0. The smallest absolute Gasteiger partial charge is 0.203 e. The van der Waals surface area contributed by atoms with Crippen molar-refractivity contribution in [3.8, 4) is 17.2 Å². The molecule has 0 saturated heterocycles. The van der Waals surface area contributed by atoms with Gasteiger partial charge < -0.3 is 30.9 Å². The van der Waals surface area contributed by atoms with Gasteiger partial charge in [-0.15, -0.1) is 0 Å². The van der Waals surface area contributed by atoms with Crippen LogP contribution < -0.4 is 10.5 Å². The highest BCUT2D eigenvalue weighted by Gasteiger charge is 2.35. The van der Waals surface area contributed by atoms with Crippen molar-refractivity contribution in [2.24, 2.45) is 5.73 Å². The Hall–Kier alpha value is -2.67. The summed E-state index contributed by atoms with van der Waals surface area (Å²) in [7, 11) is 0. The highest BCUT2D eigenvalue weighted by atomic mass is 16.5. The van der Waals surface area contributed by atoms with Crippen LogP contribution in [0.25, 0.3) is 0 Å². The van der Waals surface area contributed by atoms with E-state index < -0.39 is 23.8 Å². The molecule has 0 amide bonds. The Kier molecular flexibility index (Phi) is 3.22. The Balaban J connectivity index is 1.97. The van der Waals surface area contributed by atoms with Crippen LogP contribution in [0.5, 0.6) is 17.2 Å². The molecule has 3 rings (SSSR count). The number of rotatable bonds is 1. The van der Waals surface area contributed by atoms with E-state index in [1.807, 2.05) is 0 Å². The zero-order valence-electron chi connectivity index (χ0n) is 11.5. The number of aliphatic hydroxyl groups is 2. The van der Waals surface area contributed by atoms with Crippen LogP contribution in [0.1, 0.15) is 12.0 Å². The lowest BCUT2D eigenvalue weighted by Crippen LogP contribution is -2.40. The number of ether oxygens (including phenoxy) is 1. The average Bonchev–Trinajstić information content (AvgIpc) is 2.44. The molecule has 7 nitrogen and oxygen atoms in total.